The molecule has 0 amide bonds. The first-order valence-electron chi connectivity index (χ1n) is 8.27. The molecule has 0 radical (unpaired) electrons. The Hall–Kier alpha value is -2.32. The van der Waals surface area contributed by atoms with Gasteiger partial charge in [0.25, 0.3) is 0 Å². The molecule has 4 aromatic rings. The minimum absolute atomic E-state index is 0. The normalized spacial score (nSPS) is 9.83. The lowest BCUT2D eigenvalue weighted by molar-refractivity contribution is 0.481. The van der Waals surface area contributed by atoms with Gasteiger partial charge < -0.3 is 10.1 Å². The van der Waals surface area contributed by atoms with Crippen molar-refractivity contribution in [3.05, 3.63) is 78.1 Å². The van der Waals surface area contributed by atoms with E-state index in [1.807, 2.05) is 66.9 Å². The molecule has 0 aliphatic heterocycles. The summed E-state index contributed by atoms with van der Waals surface area (Å²) < 4.78 is 6.08. The van der Waals surface area contributed by atoms with Gasteiger partial charge in [0.1, 0.15) is 10.8 Å². The van der Waals surface area contributed by atoms with E-state index < -0.39 is 0 Å². The van der Waals surface area contributed by atoms with Gasteiger partial charge in [0.15, 0.2) is 16.7 Å². The molecule has 0 unspecified atom stereocenters. The molecule has 0 saturated heterocycles. The number of para-hydroxylation sites is 1. The van der Waals surface area contributed by atoms with Gasteiger partial charge in [-0.2, -0.15) is 0 Å². The molecule has 29 heavy (non-hydrogen) atoms. The van der Waals surface area contributed by atoms with Gasteiger partial charge in [0.2, 0.25) is 0 Å². The molecule has 1 aromatic carbocycles. The lowest BCUT2D eigenvalue weighted by Crippen LogP contribution is -1.97. The van der Waals surface area contributed by atoms with Crippen LogP contribution in [-0.4, -0.2) is 15.0 Å². The molecular formula is C20H18Cl2N4OS2. The van der Waals surface area contributed by atoms with Crippen LogP contribution in [0.3, 0.4) is 0 Å². The van der Waals surface area contributed by atoms with E-state index >= 15 is 0 Å². The third-order valence-corrected chi connectivity index (χ3v) is 5.29. The molecule has 0 aliphatic rings. The minimum Gasteiger partial charge on any atom is -0.453 e. The first kappa shape index (κ1) is 23.0. The van der Waals surface area contributed by atoms with E-state index in [0.717, 1.165) is 26.5 Å². The van der Waals surface area contributed by atoms with E-state index in [-0.39, 0.29) is 24.8 Å². The van der Waals surface area contributed by atoms with Crippen LogP contribution in [0.4, 0.5) is 10.9 Å². The van der Waals surface area contributed by atoms with Crippen molar-refractivity contribution in [2.45, 2.75) is 16.8 Å². The summed E-state index contributed by atoms with van der Waals surface area (Å²) >= 11 is 3.07. The number of thiazole rings is 1. The molecule has 3 aromatic heterocycles. The first-order chi connectivity index (χ1) is 13.3. The third kappa shape index (κ3) is 6.33. The van der Waals surface area contributed by atoms with Crippen molar-refractivity contribution in [1.29, 1.82) is 0 Å². The smallest absolute Gasteiger partial charge is 0.188 e. The molecule has 1 N–H and O–H groups in total. The number of hydrogen-bond donors (Lipinski definition) is 1. The Labute approximate surface area is 189 Å². The van der Waals surface area contributed by atoms with Crippen LogP contribution in [0.25, 0.3) is 0 Å². The number of aryl methyl sites for hydroxylation is 1. The summed E-state index contributed by atoms with van der Waals surface area (Å²) in [6.45, 7) is 1.96. The zero-order valence-corrected chi connectivity index (χ0v) is 18.6. The molecule has 4 rings (SSSR count). The highest BCUT2D eigenvalue weighted by molar-refractivity contribution is 7.99. The van der Waals surface area contributed by atoms with Gasteiger partial charge >= 0.3 is 0 Å². The molecular weight excluding hydrogens is 447 g/mol. The largest absolute Gasteiger partial charge is 0.453 e. The van der Waals surface area contributed by atoms with Crippen LogP contribution < -0.4 is 10.1 Å². The van der Waals surface area contributed by atoms with Crippen LogP contribution in [-0.2, 0) is 0 Å². The van der Waals surface area contributed by atoms with Crippen molar-refractivity contribution in [2.24, 2.45) is 0 Å². The molecule has 0 bridgehead atoms. The average molecular weight is 465 g/mol. The van der Waals surface area contributed by atoms with E-state index in [2.05, 4.69) is 20.3 Å². The number of hydrogen-bond acceptors (Lipinski definition) is 7. The summed E-state index contributed by atoms with van der Waals surface area (Å²) in [6.07, 6.45) is 3.58. The summed E-state index contributed by atoms with van der Waals surface area (Å²) in [4.78, 5) is 14.3. The molecule has 0 fully saturated rings. The minimum atomic E-state index is 0. The van der Waals surface area contributed by atoms with Crippen molar-refractivity contribution in [1.82, 2.24) is 15.0 Å². The van der Waals surface area contributed by atoms with Gasteiger partial charge in [-0.15, -0.1) is 36.2 Å². The molecule has 0 atom stereocenters. The van der Waals surface area contributed by atoms with Crippen molar-refractivity contribution < 1.29 is 4.74 Å². The topological polar surface area (TPSA) is 59.9 Å². The number of halogens is 2. The Balaban J connectivity index is 0.00000150. The maximum Gasteiger partial charge on any atom is 0.188 e. The highest BCUT2D eigenvalue weighted by atomic mass is 35.5. The molecule has 5 nitrogen and oxygen atoms in total. The summed E-state index contributed by atoms with van der Waals surface area (Å²) in [5, 5.41) is 6.93. The van der Waals surface area contributed by atoms with Gasteiger partial charge in [-0.25, -0.2) is 15.0 Å². The quantitative estimate of drug-likeness (QED) is 0.339. The van der Waals surface area contributed by atoms with Crippen molar-refractivity contribution in [3.63, 3.8) is 0 Å². The Bertz CT molecular complexity index is 1030. The monoisotopic (exact) mass is 464 g/mol. The molecule has 150 valence electrons. The van der Waals surface area contributed by atoms with Crippen molar-refractivity contribution >= 4 is 58.9 Å². The van der Waals surface area contributed by atoms with Gasteiger partial charge in [-0.05, 0) is 31.2 Å². The predicted octanol–water partition coefficient (Wildman–Crippen LogP) is 6.77. The van der Waals surface area contributed by atoms with Crippen LogP contribution in [0.1, 0.15) is 5.69 Å². The highest BCUT2D eigenvalue weighted by Gasteiger charge is 2.12. The Morgan fingerprint density at radius 2 is 1.79 bits per heavy atom. The van der Waals surface area contributed by atoms with Gasteiger partial charge in [0.05, 0.1) is 5.69 Å². The summed E-state index contributed by atoms with van der Waals surface area (Å²) in [5.41, 5.74) is 0.968. The fourth-order valence-electron chi connectivity index (χ4n) is 2.31. The average Bonchev–Trinajstić information content (AvgIpc) is 3.10. The van der Waals surface area contributed by atoms with Crippen LogP contribution in [0.15, 0.2) is 82.3 Å². The maximum atomic E-state index is 6.08. The van der Waals surface area contributed by atoms with Crippen LogP contribution in [0.5, 0.6) is 11.5 Å². The summed E-state index contributed by atoms with van der Waals surface area (Å²) in [6, 6.07) is 17.4. The van der Waals surface area contributed by atoms with E-state index in [1.165, 1.54) is 23.1 Å². The number of pyridine rings is 2. The lowest BCUT2D eigenvalue weighted by Gasteiger charge is -2.12. The zero-order valence-electron chi connectivity index (χ0n) is 15.3. The maximum absolute atomic E-state index is 6.08. The second-order valence-electron chi connectivity index (χ2n) is 5.62. The standard InChI is InChI=1S/C20H16N4OS2.2ClH/c1-14-13-26-20(23-14)24-19-17(25-15-7-3-2-4-8-15)11-16(12-22-19)27-18-9-5-6-10-21-18;;/h2-13H,1H3,(H,22,23,24);2*1H. The molecule has 3 heterocycles. The van der Waals surface area contributed by atoms with Crippen LogP contribution in [0.2, 0.25) is 0 Å². The van der Waals surface area contributed by atoms with Gasteiger partial charge in [-0.1, -0.05) is 36.0 Å². The Morgan fingerprint density at radius 3 is 2.48 bits per heavy atom. The van der Waals surface area contributed by atoms with E-state index in [9.17, 15) is 0 Å². The number of rotatable bonds is 6. The summed E-state index contributed by atoms with van der Waals surface area (Å²) in [5.74, 6) is 2.01. The van der Waals surface area contributed by atoms with Gasteiger partial charge in [0, 0.05) is 28.7 Å². The van der Waals surface area contributed by atoms with E-state index in [1.54, 1.807) is 12.4 Å². The summed E-state index contributed by atoms with van der Waals surface area (Å²) in [7, 11) is 0. The number of ether oxygens (including phenoxy) is 1. The fourth-order valence-corrected chi connectivity index (χ4v) is 3.77. The second-order valence-corrected chi connectivity index (χ2v) is 7.57. The zero-order chi connectivity index (χ0) is 18.5. The lowest BCUT2D eigenvalue weighted by atomic mass is 10.3. The second kappa shape index (κ2) is 11.0. The number of nitrogens with zero attached hydrogens (tertiary/aromatic N) is 3. The Kier molecular flexibility index (Phi) is 8.72. The predicted molar refractivity (Wildman–Crippen MR) is 124 cm³/mol. The molecule has 9 heteroatoms. The van der Waals surface area contributed by atoms with Crippen LogP contribution >= 0.6 is 47.9 Å². The van der Waals surface area contributed by atoms with E-state index in [4.69, 9.17) is 4.74 Å². The van der Waals surface area contributed by atoms with E-state index in [0.29, 0.717) is 11.6 Å². The molecule has 0 aliphatic carbocycles. The number of nitrogens with one attached hydrogen (secondary N) is 1. The molecule has 0 saturated carbocycles. The fraction of sp³-hybridized carbons (Fsp3) is 0.0500. The highest BCUT2D eigenvalue weighted by Crippen LogP contribution is 2.35. The third-order valence-electron chi connectivity index (χ3n) is 3.50. The Morgan fingerprint density at radius 1 is 1.00 bits per heavy atom. The number of benzene rings is 1. The molecule has 0 spiro atoms. The first-order valence-corrected chi connectivity index (χ1v) is 9.97. The SMILES string of the molecule is Cc1csc(Nc2ncc(Sc3ccccn3)cc2Oc2ccccc2)n1.Cl.Cl. The number of aromatic nitrogens is 3. The van der Waals surface area contributed by atoms with Crippen molar-refractivity contribution in [3.8, 4) is 11.5 Å². The van der Waals surface area contributed by atoms with Gasteiger partial charge in [-0.3, -0.25) is 0 Å². The van der Waals surface area contributed by atoms with Crippen LogP contribution in [0, 0.1) is 6.92 Å². The van der Waals surface area contributed by atoms with Crippen molar-refractivity contribution in [2.75, 3.05) is 5.32 Å². The number of anilines is 2.